The molecule has 170 valence electrons. The van der Waals surface area contributed by atoms with Crippen LogP contribution in [0.2, 0.25) is 0 Å². The van der Waals surface area contributed by atoms with E-state index in [0.717, 1.165) is 22.9 Å². The first-order valence-corrected chi connectivity index (χ1v) is 9.94. The van der Waals surface area contributed by atoms with E-state index in [1.807, 2.05) is 30.3 Å². The number of nitrogens with one attached hydrogen (secondary N) is 2. The zero-order valence-electron chi connectivity index (χ0n) is 17.6. The minimum absolute atomic E-state index is 0.0298. The van der Waals surface area contributed by atoms with Crippen molar-refractivity contribution in [3.05, 3.63) is 65.6 Å². The van der Waals surface area contributed by atoms with E-state index in [1.54, 1.807) is 19.3 Å². The van der Waals surface area contributed by atoms with Gasteiger partial charge in [0.05, 0.1) is 18.8 Å². The molecular weight excluding hydrogens is 423 g/mol. The maximum atomic E-state index is 13.3. The maximum absolute atomic E-state index is 13.3. The lowest BCUT2D eigenvalue weighted by Crippen LogP contribution is -2.30. The van der Waals surface area contributed by atoms with Gasteiger partial charge in [0.1, 0.15) is 11.4 Å². The van der Waals surface area contributed by atoms with Crippen LogP contribution in [0.1, 0.15) is 30.5 Å². The molecule has 0 unspecified atom stereocenters. The van der Waals surface area contributed by atoms with Crippen LogP contribution < -0.4 is 10.6 Å². The maximum Gasteiger partial charge on any atom is 0.421 e. The normalized spacial score (nSPS) is 13.5. The number of aliphatic hydroxyl groups excluding tert-OH is 2. The highest BCUT2D eigenvalue weighted by Gasteiger charge is 2.35. The lowest BCUT2D eigenvalue weighted by molar-refractivity contribution is -0.137. The molecule has 0 aliphatic carbocycles. The van der Waals surface area contributed by atoms with Crippen LogP contribution in [0.5, 0.6) is 0 Å². The van der Waals surface area contributed by atoms with E-state index < -0.39 is 29.7 Å². The molecule has 4 N–H and O–H groups in total. The molecular formula is C22H24F3N5O2. The lowest BCUT2D eigenvalue weighted by atomic mass is 10.0. The van der Waals surface area contributed by atoms with Gasteiger partial charge >= 0.3 is 6.18 Å². The van der Waals surface area contributed by atoms with Gasteiger partial charge < -0.3 is 20.8 Å². The Morgan fingerprint density at radius 3 is 2.34 bits per heavy atom. The Hall–Kier alpha value is -3.24. The van der Waals surface area contributed by atoms with Gasteiger partial charge in [-0.15, -0.1) is 0 Å². The molecule has 1 aromatic carbocycles. The Balaban J connectivity index is 1.73. The van der Waals surface area contributed by atoms with Gasteiger partial charge in [-0.3, -0.25) is 4.98 Å². The van der Waals surface area contributed by atoms with E-state index in [0.29, 0.717) is 12.1 Å². The fraction of sp³-hybridized carbons (Fsp3) is 0.318. The number of anilines is 2. The number of hydrogen-bond acceptors (Lipinski definition) is 7. The van der Waals surface area contributed by atoms with Crippen LogP contribution in [0, 0.1) is 0 Å². The number of aromatic nitrogens is 3. The molecule has 2 heterocycles. The van der Waals surface area contributed by atoms with Crippen LogP contribution in [-0.2, 0) is 19.3 Å². The Morgan fingerprint density at radius 1 is 1.00 bits per heavy atom. The number of aliphatic hydroxyl groups is 2. The van der Waals surface area contributed by atoms with Gasteiger partial charge in [0, 0.05) is 30.7 Å². The average Bonchev–Trinajstić information content (AvgIpc) is 2.77. The predicted octanol–water partition coefficient (Wildman–Crippen LogP) is 3.84. The van der Waals surface area contributed by atoms with Crippen molar-refractivity contribution in [1.29, 1.82) is 0 Å². The van der Waals surface area contributed by atoms with Crippen LogP contribution in [0.15, 0.2) is 48.9 Å². The summed E-state index contributed by atoms with van der Waals surface area (Å²) < 4.78 is 39.9. The van der Waals surface area contributed by atoms with Crippen molar-refractivity contribution in [1.82, 2.24) is 15.0 Å². The SMILES string of the molecule is C[C@@H](O)[C@@H](C)Nc1nc(NCc2ccc(-c3cncc(CO)c3)cc2)ncc1C(F)(F)F. The number of nitrogens with zero attached hydrogens (tertiary/aromatic N) is 3. The summed E-state index contributed by atoms with van der Waals surface area (Å²) in [6.45, 7) is 3.24. The van der Waals surface area contributed by atoms with Gasteiger partial charge in [0.25, 0.3) is 0 Å². The second-order valence-electron chi connectivity index (χ2n) is 7.42. The summed E-state index contributed by atoms with van der Waals surface area (Å²) in [7, 11) is 0. The molecule has 0 bridgehead atoms. The van der Waals surface area contributed by atoms with Crippen LogP contribution in [0.4, 0.5) is 24.9 Å². The smallest absolute Gasteiger partial charge is 0.392 e. The van der Waals surface area contributed by atoms with Crippen molar-refractivity contribution < 1.29 is 23.4 Å². The molecule has 0 aliphatic rings. The number of pyridine rings is 1. The molecule has 7 nitrogen and oxygen atoms in total. The Morgan fingerprint density at radius 2 is 1.72 bits per heavy atom. The monoisotopic (exact) mass is 447 g/mol. The molecule has 0 aliphatic heterocycles. The van der Waals surface area contributed by atoms with Gasteiger partial charge in [0.15, 0.2) is 0 Å². The largest absolute Gasteiger partial charge is 0.421 e. The topological polar surface area (TPSA) is 103 Å². The van der Waals surface area contributed by atoms with Crippen molar-refractivity contribution in [2.45, 2.75) is 45.3 Å². The van der Waals surface area contributed by atoms with Crippen LogP contribution >= 0.6 is 0 Å². The van der Waals surface area contributed by atoms with Crippen LogP contribution in [0.25, 0.3) is 11.1 Å². The third-order valence-corrected chi connectivity index (χ3v) is 4.90. The number of alkyl halides is 3. The average molecular weight is 447 g/mol. The third kappa shape index (κ3) is 5.92. The van der Waals surface area contributed by atoms with Gasteiger partial charge in [-0.25, -0.2) is 4.98 Å². The van der Waals surface area contributed by atoms with E-state index in [9.17, 15) is 23.4 Å². The van der Waals surface area contributed by atoms with Gasteiger partial charge in [-0.05, 0) is 36.6 Å². The minimum Gasteiger partial charge on any atom is -0.392 e. The number of benzene rings is 1. The van der Waals surface area contributed by atoms with Crippen molar-refractivity contribution in [3.8, 4) is 11.1 Å². The van der Waals surface area contributed by atoms with Crippen molar-refractivity contribution in [2.75, 3.05) is 10.6 Å². The fourth-order valence-corrected chi connectivity index (χ4v) is 2.85. The Bertz CT molecular complexity index is 1040. The molecule has 10 heteroatoms. The van der Waals surface area contributed by atoms with E-state index in [4.69, 9.17) is 0 Å². The summed E-state index contributed by atoms with van der Waals surface area (Å²) in [6, 6.07) is 8.73. The first kappa shape index (κ1) is 23.4. The minimum atomic E-state index is -4.63. The number of rotatable bonds is 8. The summed E-state index contributed by atoms with van der Waals surface area (Å²) in [5, 5.41) is 24.4. The predicted molar refractivity (Wildman–Crippen MR) is 115 cm³/mol. The molecule has 0 saturated heterocycles. The molecule has 0 spiro atoms. The standard InChI is InChI=1S/C22H24F3N5O2/c1-13(14(2)32)29-20-19(22(23,24)25)11-28-21(30-20)27-9-15-3-5-17(6-4-15)18-7-16(12-31)8-26-10-18/h3-8,10-11,13-14,31-32H,9,12H2,1-2H3,(H2,27,28,29,30)/t13-,14-/m1/s1. The van der Waals surface area contributed by atoms with Crippen molar-refractivity contribution >= 4 is 11.8 Å². The zero-order chi connectivity index (χ0) is 23.3. The van der Waals surface area contributed by atoms with Crippen molar-refractivity contribution in [3.63, 3.8) is 0 Å². The Labute approximate surface area is 183 Å². The van der Waals surface area contributed by atoms with Gasteiger partial charge in [-0.2, -0.15) is 18.2 Å². The van der Waals surface area contributed by atoms with E-state index >= 15 is 0 Å². The first-order chi connectivity index (χ1) is 15.2. The highest BCUT2D eigenvalue weighted by molar-refractivity contribution is 5.63. The molecule has 32 heavy (non-hydrogen) atoms. The fourth-order valence-electron chi connectivity index (χ4n) is 2.85. The highest BCUT2D eigenvalue weighted by atomic mass is 19.4. The zero-order valence-corrected chi connectivity index (χ0v) is 17.6. The summed E-state index contributed by atoms with van der Waals surface area (Å²) in [4.78, 5) is 11.8. The van der Waals surface area contributed by atoms with E-state index in [-0.39, 0.29) is 12.6 Å². The summed E-state index contributed by atoms with van der Waals surface area (Å²) in [5.41, 5.74) is 2.36. The first-order valence-electron chi connectivity index (χ1n) is 9.94. The molecule has 0 saturated carbocycles. The van der Waals surface area contributed by atoms with E-state index in [2.05, 4.69) is 25.6 Å². The molecule has 0 radical (unpaired) electrons. The molecule has 3 aromatic rings. The molecule has 3 rings (SSSR count). The highest BCUT2D eigenvalue weighted by Crippen LogP contribution is 2.34. The quantitative estimate of drug-likeness (QED) is 0.416. The van der Waals surface area contributed by atoms with Crippen LogP contribution in [0.3, 0.4) is 0 Å². The molecule has 0 fully saturated rings. The summed E-state index contributed by atoms with van der Waals surface area (Å²) >= 11 is 0. The Kier molecular flexibility index (Phi) is 7.26. The summed E-state index contributed by atoms with van der Waals surface area (Å²) in [5.74, 6) is -0.364. The molecule has 0 amide bonds. The van der Waals surface area contributed by atoms with Crippen LogP contribution in [-0.4, -0.2) is 37.3 Å². The van der Waals surface area contributed by atoms with Gasteiger partial charge in [-0.1, -0.05) is 24.3 Å². The molecule has 2 atom stereocenters. The van der Waals surface area contributed by atoms with Crippen molar-refractivity contribution in [2.24, 2.45) is 0 Å². The van der Waals surface area contributed by atoms with E-state index in [1.165, 1.54) is 6.92 Å². The van der Waals surface area contributed by atoms with Gasteiger partial charge in [0.2, 0.25) is 5.95 Å². The molecule has 2 aromatic heterocycles. The number of hydrogen-bond donors (Lipinski definition) is 4. The number of halogens is 3. The third-order valence-electron chi connectivity index (χ3n) is 4.90. The summed E-state index contributed by atoms with van der Waals surface area (Å²) in [6.07, 6.45) is -1.48. The second kappa shape index (κ2) is 9.92. The lowest BCUT2D eigenvalue weighted by Gasteiger charge is -2.20. The second-order valence-corrected chi connectivity index (χ2v) is 7.42.